The van der Waals surface area contributed by atoms with Gasteiger partial charge >= 0.3 is 0 Å². The maximum atomic E-state index is 12.7. The third kappa shape index (κ3) is 2.96. The second-order valence-corrected chi connectivity index (χ2v) is 4.74. The van der Waals surface area contributed by atoms with E-state index in [9.17, 15) is 4.79 Å². The quantitative estimate of drug-likeness (QED) is 0.868. The van der Waals surface area contributed by atoms with Crippen LogP contribution in [0.15, 0.2) is 42.7 Å². The SMILES string of the molecule is CCCN(C(=O)c1cccc(N)c1)c1cnccc1C. The summed E-state index contributed by atoms with van der Waals surface area (Å²) in [5.41, 5.74) is 8.83. The summed E-state index contributed by atoms with van der Waals surface area (Å²) in [6, 6.07) is 8.97. The lowest BCUT2D eigenvalue weighted by molar-refractivity contribution is 0.0986. The highest BCUT2D eigenvalue weighted by molar-refractivity contribution is 6.06. The molecular formula is C16H19N3O. The Morgan fingerprint density at radius 2 is 2.15 bits per heavy atom. The van der Waals surface area contributed by atoms with Crippen LogP contribution < -0.4 is 10.6 Å². The summed E-state index contributed by atoms with van der Waals surface area (Å²) in [5.74, 6) is -0.0461. The van der Waals surface area contributed by atoms with Gasteiger partial charge in [0.1, 0.15) is 0 Å². The van der Waals surface area contributed by atoms with Crippen LogP contribution in [0.1, 0.15) is 29.3 Å². The van der Waals surface area contributed by atoms with Crippen LogP contribution >= 0.6 is 0 Å². The highest BCUT2D eigenvalue weighted by Crippen LogP contribution is 2.21. The Kier molecular flexibility index (Phi) is 4.35. The van der Waals surface area contributed by atoms with Gasteiger partial charge in [0.05, 0.1) is 11.9 Å². The molecule has 0 aliphatic heterocycles. The molecule has 20 heavy (non-hydrogen) atoms. The van der Waals surface area contributed by atoms with Crippen molar-refractivity contribution in [1.29, 1.82) is 0 Å². The first-order chi connectivity index (χ1) is 9.63. The smallest absolute Gasteiger partial charge is 0.258 e. The van der Waals surface area contributed by atoms with Crippen molar-refractivity contribution in [1.82, 2.24) is 4.98 Å². The molecule has 0 bridgehead atoms. The predicted octanol–water partition coefficient (Wildman–Crippen LogP) is 3.03. The van der Waals surface area contributed by atoms with Gasteiger partial charge in [-0.05, 0) is 43.2 Å². The Labute approximate surface area is 119 Å². The fraction of sp³-hybridized carbons (Fsp3) is 0.250. The van der Waals surface area contributed by atoms with Crippen molar-refractivity contribution in [3.63, 3.8) is 0 Å². The van der Waals surface area contributed by atoms with Crippen LogP contribution in [0.25, 0.3) is 0 Å². The summed E-state index contributed by atoms with van der Waals surface area (Å²) in [6.45, 7) is 4.68. The van der Waals surface area contributed by atoms with Gasteiger partial charge in [0.2, 0.25) is 0 Å². The fourth-order valence-electron chi connectivity index (χ4n) is 2.12. The van der Waals surface area contributed by atoms with Crippen LogP contribution in [-0.2, 0) is 0 Å². The number of amides is 1. The summed E-state index contributed by atoms with van der Waals surface area (Å²) >= 11 is 0. The Morgan fingerprint density at radius 1 is 1.35 bits per heavy atom. The van der Waals surface area contributed by atoms with Crippen LogP contribution in [0.5, 0.6) is 0 Å². The Hall–Kier alpha value is -2.36. The van der Waals surface area contributed by atoms with Crippen molar-refractivity contribution < 1.29 is 4.79 Å². The molecule has 0 radical (unpaired) electrons. The lowest BCUT2D eigenvalue weighted by Crippen LogP contribution is -2.32. The highest BCUT2D eigenvalue weighted by atomic mass is 16.2. The van der Waals surface area contributed by atoms with E-state index in [-0.39, 0.29) is 5.91 Å². The van der Waals surface area contributed by atoms with Gasteiger partial charge in [-0.15, -0.1) is 0 Å². The number of aromatic nitrogens is 1. The van der Waals surface area contributed by atoms with Crippen LogP contribution in [0.4, 0.5) is 11.4 Å². The van der Waals surface area contributed by atoms with Crippen molar-refractivity contribution in [3.05, 3.63) is 53.9 Å². The number of rotatable bonds is 4. The minimum absolute atomic E-state index is 0.0461. The van der Waals surface area contributed by atoms with Gasteiger partial charge < -0.3 is 10.6 Å². The number of hydrogen-bond acceptors (Lipinski definition) is 3. The number of aryl methyl sites for hydroxylation is 1. The van der Waals surface area contributed by atoms with Gasteiger partial charge in [-0.1, -0.05) is 13.0 Å². The monoisotopic (exact) mass is 269 g/mol. The Balaban J connectivity index is 2.39. The number of pyridine rings is 1. The largest absolute Gasteiger partial charge is 0.399 e. The van der Waals surface area contributed by atoms with E-state index in [0.717, 1.165) is 17.7 Å². The average molecular weight is 269 g/mol. The lowest BCUT2D eigenvalue weighted by Gasteiger charge is -2.23. The lowest BCUT2D eigenvalue weighted by atomic mass is 10.1. The van der Waals surface area contributed by atoms with Crippen molar-refractivity contribution in [2.24, 2.45) is 0 Å². The molecular weight excluding hydrogens is 250 g/mol. The number of carbonyl (C=O) groups is 1. The first-order valence-electron chi connectivity index (χ1n) is 6.71. The van der Waals surface area contributed by atoms with Crippen LogP contribution in [0, 0.1) is 6.92 Å². The molecule has 4 heteroatoms. The normalized spacial score (nSPS) is 10.3. The van der Waals surface area contributed by atoms with E-state index in [0.29, 0.717) is 17.8 Å². The van der Waals surface area contributed by atoms with Gasteiger partial charge in [-0.2, -0.15) is 0 Å². The molecule has 1 aromatic carbocycles. The molecule has 4 nitrogen and oxygen atoms in total. The summed E-state index contributed by atoms with van der Waals surface area (Å²) in [4.78, 5) is 18.6. The molecule has 0 unspecified atom stereocenters. The number of anilines is 2. The minimum Gasteiger partial charge on any atom is -0.399 e. The van der Waals surface area contributed by atoms with Crippen LogP contribution in [0.2, 0.25) is 0 Å². The van der Waals surface area contributed by atoms with E-state index in [1.54, 1.807) is 41.6 Å². The van der Waals surface area contributed by atoms with Gasteiger partial charge in [0.15, 0.2) is 0 Å². The Morgan fingerprint density at radius 3 is 2.80 bits per heavy atom. The van der Waals surface area contributed by atoms with Crippen molar-refractivity contribution in [2.75, 3.05) is 17.2 Å². The van der Waals surface area contributed by atoms with Gasteiger partial charge in [0, 0.05) is 24.0 Å². The van der Waals surface area contributed by atoms with Crippen molar-refractivity contribution in [2.45, 2.75) is 20.3 Å². The third-order valence-electron chi connectivity index (χ3n) is 3.13. The zero-order chi connectivity index (χ0) is 14.5. The summed E-state index contributed by atoms with van der Waals surface area (Å²) in [6.07, 6.45) is 4.34. The first-order valence-corrected chi connectivity index (χ1v) is 6.71. The van der Waals surface area contributed by atoms with Gasteiger partial charge in [-0.25, -0.2) is 0 Å². The summed E-state index contributed by atoms with van der Waals surface area (Å²) in [5, 5.41) is 0. The predicted molar refractivity (Wildman–Crippen MR) is 81.8 cm³/mol. The molecule has 0 saturated heterocycles. The molecule has 0 aliphatic carbocycles. The van der Waals surface area contributed by atoms with E-state index in [1.165, 1.54) is 0 Å². The molecule has 1 amide bonds. The molecule has 1 heterocycles. The molecule has 0 aliphatic rings. The molecule has 0 atom stereocenters. The highest BCUT2D eigenvalue weighted by Gasteiger charge is 2.18. The number of nitrogens with two attached hydrogens (primary N) is 1. The fourth-order valence-corrected chi connectivity index (χ4v) is 2.12. The van der Waals surface area contributed by atoms with E-state index < -0.39 is 0 Å². The maximum Gasteiger partial charge on any atom is 0.258 e. The minimum atomic E-state index is -0.0461. The molecule has 0 saturated carbocycles. The number of nitrogens with zero attached hydrogens (tertiary/aromatic N) is 2. The van der Waals surface area contributed by atoms with E-state index in [2.05, 4.69) is 4.98 Å². The van der Waals surface area contributed by atoms with Gasteiger partial charge in [0.25, 0.3) is 5.91 Å². The van der Waals surface area contributed by atoms with Crippen LogP contribution in [0.3, 0.4) is 0 Å². The number of benzene rings is 1. The zero-order valence-corrected chi connectivity index (χ0v) is 11.8. The molecule has 2 aromatic rings. The van der Waals surface area contributed by atoms with Crippen LogP contribution in [-0.4, -0.2) is 17.4 Å². The number of nitrogen functional groups attached to an aromatic ring is 1. The van der Waals surface area contributed by atoms with E-state index in [4.69, 9.17) is 5.73 Å². The molecule has 0 spiro atoms. The van der Waals surface area contributed by atoms with Crippen molar-refractivity contribution >= 4 is 17.3 Å². The van der Waals surface area contributed by atoms with E-state index >= 15 is 0 Å². The second kappa shape index (κ2) is 6.19. The summed E-state index contributed by atoms with van der Waals surface area (Å²) in [7, 11) is 0. The van der Waals surface area contributed by atoms with Gasteiger partial charge in [-0.3, -0.25) is 9.78 Å². The summed E-state index contributed by atoms with van der Waals surface area (Å²) < 4.78 is 0. The molecule has 2 rings (SSSR count). The Bertz CT molecular complexity index is 610. The third-order valence-corrected chi connectivity index (χ3v) is 3.13. The molecule has 2 N–H and O–H groups in total. The maximum absolute atomic E-state index is 12.7. The number of hydrogen-bond donors (Lipinski definition) is 1. The first kappa shape index (κ1) is 14.1. The molecule has 0 fully saturated rings. The topological polar surface area (TPSA) is 59.2 Å². The zero-order valence-electron chi connectivity index (χ0n) is 11.8. The van der Waals surface area contributed by atoms with E-state index in [1.807, 2.05) is 19.9 Å². The standard InChI is InChI=1S/C16H19N3O/c1-3-9-19(15-11-18-8-7-12(15)2)16(20)13-5-4-6-14(17)10-13/h4-8,10-11H,3,9,17H2,1-2H3. The second-order valence-electron chi connectivity index (χ2n) is 4.74. The molecule has 1 aromatic heterocycles. The number of carbonyl (C=O) groups excluding carboxylic acids is 1. The average Bonchev–Trinajstić information content (AvgIpc) is 2.45. The van der Waals surface area contributed by atoms with Crippen molar-refractivity contribution in [3.8, 4) is 0 Å². The molecule has 104 valence electrons.